The van der Waals surface area contributed by atoms with E-state index in [9.17, 15) is 9.59 Å². The van der Waals surface area contributed by atoms with Crippen LogP contribution in [-0.4, -0.2) is 32.3 Å². The lowest BCUT2D eigenvalue weighted by Crippen LogP contribution is -2.42. The highest BCUT2D eigenvalue weighted by atomic mass is 16.6. The van der Waals surface area contributed by atoms with Crippen LogP contribution in [-0.2, 0) is 9.47 Å². The van der Waals surface area contributed by atoms with Gasteiger partial charge in [0.15, 0.2) is 0 Å². The predicted octanol–water partition coefficient (Wildman–Crippen LogP) is 1.57. The number of hydrogen-bond donors (Lipinski definition) is 0. The molecule has 1 saturated heterocycles. The molecule has 0 saturated carbocycles. The summed E-state index contributed by atoms with van der Waals surface area (Å²) in [5.41, 5.74) is 0.847. The van der Waals surface area contributed by atoms with E-state index in [1.165, 1.54) is 18.1 Å². The van der Waals surface area contributed by atoms with Crippen LogP contribution >= 0.6 is 0 Å². The standard InChI is InChI=1S/C13H12N2O4/c1-18-12(16)10-3-2-4-11(5-10)15-7-9(6-14)8-19-13(15)17/h2-5,9H,7-8H2,1H3. The van der Waals surface area contributed by atoms with E-state index < -0.39 is 12.1 Å². The van der Waals surface area contributed by atoms with Gasteiger partial charge in [0.05, 0.1) is 24.7 Å². The predicted molar refractivity (Wildman–Crippen MR) is 65.6 cm³/mol. The number of esters is 1. The van der Waals surface area contributed by atoms with Crippen LogP contribution in [0.4, 0.5) is 10.5 Å². The molecule has 0 N–H and O–H groups in total. The maximum Gasteiger partial charge on any atom is 0.414 e. The summed E-state index contributed by atoms with van der Waals surface area (Å²) in [6.07, 6.45) is -0.520. The van der Waals surface area contributed by atoms with Crippen molar-refractivity contribution in [3.63, 3.8) is 0 Å². The number of amides is 1. The Morgan fingerprint density at radius 3 is 3.05 bits per heavy atom. The molecule has 1 aliphatic rings. The molecule has 0 bridgehead atoms. The maximum atomic E-state index is 11.7. The van der Waals surface area contributed by atoms with Gasteiger partial charge < -0.3 is 9.47 Å². The van der Waals surface area contributed by atoms with Gasteiger partial charge in [-0.1, -0.05) is 6.07 Å². The number of nitriles is 1. The molecule has 1 heterocycles. The molecule has 0 aliphatic carbocycles. The Bertz CT molecular complexity index is 550. The zero-order chi connectivity index (χ0) is 13.8. The molecular formula is C13H12N2O4. The fourth-order valence-electron chi connectivity index (χ4n) is 1.80. The second-order valence-electron chi connectivity index (χ2n) is 4.06. The zero-order valence-electron chi connectivity index (χ0n) is 10.3. The molecule has 1 fully saturated rings. The fourth-order valence-corrected chi connectivity index (χ4v) is 1.80. The summed E-state index contributed by atoms with van der Waals surface area (Å²) >= 11 is 0. The van der Waals surface area contributed by atoms with E-state index in [1.807, 2.05) is 0 Å². The first-order valence-corrected chi connectivity index (χ1v) is 5.68. The zero-order valence-corrected chi connectivity index (χ0v) is 10.3. The second kappa shape index (κ2) is 5.40. The molecular weight excluding hydrogens is 248 g/mol. The minimum atomic E-state index is -0.520. The van der Waals surface area contributed by atoms with Gasteiger partial charge in [0, 0.05) is 12.2 Å². The molecule has 1 aliphatic heterocycles. The van der Waals surface area contributed by atoms with Crippen LogP contribution in [0.2, 0.25) is 0 Å². The Morgan fingerprint density at radius 1 is 1.58 bits per heavy atom. The molecule has 1 atom stereocenters. The van der Waals surface area contributed by atoms with E-state index in [0.29, 0.717) is 11.3 Å². The third-order valence-corrected chi connectivity index (χ3v) is 2.79. The number of carbonyl (C=O) groups is 2. The van der Waals surface area contributed by atoms with Crippen molar-refractivity contribution in [1.82, 2.24) is 0 Å². The lowest BCUT2D eigenvalue weighted by Gasteiger charge is -2.29. The number of cyclic esters (lactones) is 1. The Kier molecular flexibility index (Phi) is 3.66. The molecule has 1 aromatic rings. The van der Waals surface area contributed by atoms with Gasteiger partial charge in [-0.05, 0) is 18.2 Å². The van der Waals surface area contributed by atoms with Gasteiger partial charge in [-0.3, -0.25) is 4.90 Å². The Morgan fingerprint density at radius 2 is 2.37 bits per heavy atom. The highest BCUT2D eigenvalue weighted by Gasteiger charge is 2.28. The van der Waals surface area contributed by atoms with Gasteiger partial charge in [-0.15, -0.1) is 0 Å². The van der Waals surface area contributed by atoms with Crippen molar-refractivity contribution < 1.29 is 19.1 Å². The topological polar surface area (TPSA) is 79.6 Å². The summed E-state index contributed by atoms with van der Waals surface area (Å²) in [6.45, 7) is 0.350. The van der Waals surface area contributed by atoms with Crippen LogP contribution in [0.15, 0.2) is 24.3 Å². The van der Waals surface area contributed by atoms with Gasteiger partial charge in [0.25, 0.3) is 0 Å². The first-order valence-electron chi connectivity index (χ1n) is 5.68. The van der Waals surface area contributed by atoms with Gasteiger partial charge in [-0.25, -0.2) is 9.59 Å². The number of nitrogens with zero attached hydrogens (tertiary/aromatic N) is 2. The third-order valence-electron chi connectivity index (χ3n) is 2.79. The Balaban J connectivity index is 2.27. The van der Waals surface area contributed by atoms with E-state index in [0.717, 1.165) is 0 Å². The number of carbonyl (C=O) groups excluding carboxylic acids is 2. The summed E-state index contributed by atoms with van der Waals surface area (Å²) in [6, 6.07) is 8.50. The van der Waals surface area contributed by atoms with Crippen molar-refractivity contribution in [1.29, 1.82) is 5.26 Å². The van der Waals surface area contributed by atoms with Crippen LogP contribution in [0.3, 0.4) is 0 Å². The van der Waals surface area contributed by atoms with Gasteiger partial charge in [0.2, 0.25) is 0 Å². The van der Waals surface area contributed by atoms with E-state index in [4.69, 9.17) is 10.00 Å². The first kappa shape index (κ1) is 12.9. The van der Waals surface area contributed by atoms with E-state index in [2.05, 4.69) is 10.8 Å². The van der Waals surface area contributed by atoms with Crippen molar-refractivity contribution in [2.45, 2.75) is 0 Å². The summed E-state index contributed by atoms with van der Waals surface area (Å²) in [5, 5.41) is 8.88. The van der Waals surface area contributed by atoms with Crippen LogP contribution in [0, 0.1) is 17.2 Å². The molecule has 2 rings (SSSR count). The minimum absolute atomic E-state index is 0.0997. The van der Waals surface area contributed by atoms with Crippen LogP contribution in [0.25, 0.3) is 0 Å². The fraction of sp³-hybridized carbons (Fsp3) is 0.308. The Labute approximate surface area is 110 Å². The molecule has 6 nitrogen and oxygen atoms in total. The van der Waals surface area contributed by atoms with E-state index in [1.54, 1.807) is 18.2 Å². The van der Waals surface area contributed by atoms with Gasteiger partial charge >= 0.3 is 12.1 Å². The smallest absolute Gasteiger partial charge is 0.414 e. The Hall–Kier alpha value is -2.55. The molecule has 0 aromatic heterocycles. The van der Waals surface area contributed by atoms with Crippen molar-refractivity contribution in [3.8, 4) is 6.07 Å². The largest absolute Gasteiger partial charge is 0.465 e. The number of anilines is 1. The maximum absolute atomic E-state index is 11.7. The molecule has 6 heteroatoms. The van der Waals surface area contributed by atoms with E-state index in [-0.39, 0.29) is 19.1 Å². The number of rotatable bonds is 2. The average Bonchev–Trinajstić information content (AvgIpc) is 2.47. The average molecular weight is 260 g/mol. The highest BCUT2D eigenvalue weighted by Crippen LogP contribution is 2.22. The highest BCUT2D eigenvalue weighted by molar-refractivity contribution is 5.93. The number of methoxy groups -OCH3 is 1. The van der Waals surface area contributed by atoms with E-state index >= 15 is 0 Å². The quantitative estimate of drug-likeness (QED) is 0.754. The minimum Gasteiger partial charge on any atom is -0.465 e. The van der Waals surface area contributed by atoms with Crippen LogP contribution < -0.4 is 4.90 Å². The van der Waals surface area contributed by atoms with Crippen molar-refractivity contribution in [3.05, 3.63) is 29.8 Å². The van der Waals surface area contributed by atoms with Crippen molar-refractivity contribution in [2.24, 2.45) is 5.92 Å². The summed E-state index contributed by atoms with van der Waals surface area (Å²) in [7, 11) is 1.29. The van der Waals surface area contributed by atoms with Gasteiger partial charge in [0.1, 0.15) is 6.61 Å². The summed E-state index contributed by atoms with van der Waals surface area (Å²) < 4.78 is 9.55. The lowest BCUT2D eigenvalue weighted by molar-refractivity contribution is 0.0600. The number of benzene rings is 1. The molecule has 0 spiro atoms. The third kappa shape index (κ3) is 2.65. The van der Waals surface area contributed by atoms with Crippen molar-refractivity contribution >= 4 is 17.7 Å². The molecule has 1 aromatic carbocycles. The normalized spacial score (nSPS) is 18.4. The SMILES string of the molecule is COC(=O)c1cccc(N2CC(C#N)COC2=O)c1. The van der Waals surface area contributed by atoms with Crippen LogP contribution in [0.5, 0.6) is 0 Å². The number of ether oxygens (including phenoxy) is 2. The van der Waals surface area contributed by atoms with Crippen molar-refractivity contribution in [2.75, 3.05) is 25.2 Å². The lowest BCUT2D eigenvalue weighted by atomic mass is 10.1. The number of hydrogen-bond acceptors (Lipinski definition) is 5. The summed E-state index contributed by atoms with van der Waals surface area (Å²) in [4.78, 5) is 24.5. The molecule has 98 valence electrons. The molecule has 1 unspecified atom stereocenters. The van der Waals surface area contributed by atoms with Crippen LogP contribution in [0.1, 0.15) is 10.4 Å². The second-order valence-corrected chi connectivity index (χ2v) is 4.06. The monoisotopic (exact) mass is 260 g/mol. The summed E-state index contributed by atoms with van der Waals surface area (Å²) in [5.74, 6) is -0.858. The molecule has 0 radical (unpaired) electrons. The molecule has 1 amide bonds. The molecule has 19 heavy (non-hydrogen) atoms. The first-order chi connectivity index (χ1) is 9.15. The van der Waals surface area contributed by atoms with Gasteiger partial charge in [-0.2, -0.15) is 5.26 Å².